The summed E-state index contributed by atoms with van der Waals surface area (Å²) in [6, 6.07) is 5.31. The highest BCUT2D eigenvalue weighted by atomic mass is 35.5. The van der Waals surface area contributed by atoms with Crippen molar-refractivity contribution in [2.75, 3.05) is 5.73 Å². The largest absolute Gasteiger partial charge is 0.397 e. The zero-order valence-corrected chi connectivity index (χ0v) is 8.12. The van der Waals surface area contributed by atoms with E-state index in [1.807, 2.05) is 6.07 Å². The Morgan fingerprint density at radius 2 is 2.21 bits per heavy atom. The summed E-state index contributed by atoms with van der Waals surface area (Å²) in [4.78, 5) is 4.13. The van der Waals surface area contributed by atoms with Gasteiger partial charge in [0.1, 0.15) is 0 Å². The number of pyridine rings is 1. The van der Waals surface area contributed by atoms with Crippen molar-refractivity contribution in [3.05, 3.63) is 35.0 Å². The lowest BCUT2D eigenvalue weighted by molar-refractivity contribution is 0.284. The van der Waals surface area contributed by atoms with Gasteiger partial charge in [-0.25, -0.2) is 0 Å². The quantitative estimate of drug-likeness (QED) is 0.753. The molecule has 0 aliphatic heterocycles. The van der Waals surface area contributed by atoms with Crippen LogP contribution >= 0.6 is 11.6 Å². The average Bonchev–Trinajstić information content (AvgIpc) is 2.18. The van der Waals surface area contributed by atoms with Crippen LogP contribution < -0.4 is 5.73 Å². The van der Waals surface area contributed by atoms with Crippen molar-refractivity contribution in [3.63, 3.8) is 0 Å². The first-order chi connectivity index (χ1) is 6.72. The minimum Gasteiger partial charge on any atom is -0.397 e. The molecule has 0 saturated carbocycles. The lowest BCUT2D eigenvalue weighted by atomic mass is 10.1. The van der Waals surface area contributed by atoms with Crippen molar-refractivity contribution < 1.29 is 5.11 Å². The Morgan fingerprint density at radius 3 is 2.93 bits per heavy atom. The molecule has 3 N–H and O–H groups in total. The highest BCUT2D eigenvalue weighted by molar-refractivity contribution is 6.31. The zero-order chi connectivity index (χ0) is 10.1. The van der Waals surface area contributed by atoms with Crippen LogP contribution in [0, 0.1) is 0 Å². The van der Waals surface area contributed by atoms with Gasteiger partial charge in [0.05, 0.1) is 24.0 Å². The molecule has 0 unspecified atom stereocenters. The molecular weight excluding hydrogens is 200 g/mol. The lowest BCUT2D eigenvalue weighted by Crippen LogP contribution is -1.97. The Balaban J connectivity index is 2.82. The number of nitrogen functional groups attached to an aromatic ring is 1. The maximum atomic E-state index is 9.14. The number of rotatable bonds is 1. The molecule has 1 heterocycles. The van der Waals surface area contributed by atoms with Crippen molar-refractivity contribution in [3.8, 4) is 0 Å². The fourth-order valence-electron chi connectivity index (χ4n) is 1.42. The van der Waals surface area contributed by atoms with Crippen LogP contribution in [0.4, 0.5) is 5.69 Å². The number of aromatic nitrogens is 1. The second-order valence-corrected chi connectivity index (χ2v) is 3.45. The molecule has 0 amide bonds. The second-order valence-electron chi connectivity index (χ2n) is 3.01. The Morgan fingerprint density at radius 1 is 1.43 bits per heavy atom. The average molecular weight is 209 g/mol. The monoisotopic (exact) mass is 208 g/mol. The van der Waals surface area contributed by atoms with Gasteiger partial charge in [-0.2, -0.15) is 0 Å². The first kappa shape index (κ1) is 9.24. The molecule has 2 aromatic rings. The molecule has 0 radical (unpaired) electrons. The number of nitrogens with zero attached hydrogens (tertiary/aromatic N) is 1. The predicted molar refractivity (Wildman–Crippen MR) is 57.1 cm³/mol. The third kappa shape index (κ3) is 1.41. The second kappa shape index (κ2) is 3.44. The molecule has 14 heavy (non-hydrogen) atoms. The van der Waals surface area contributed by atoms with Crippen molar-refractivity contribution >= 4 is 28.2 Å². The van der Waals surface area contributed by atoms with E-state index in [1.54, 1.807) is 12.1 Å². The maximum Gasteiger partial charge on any atom is 0.0722 e. The van der Waals surface area contributed by atoms with Gasteiger partial charge in [-0.3, -0.25) is 4.98 Å². The minimum atomic E-state index is -0.0908. The summed E-state index contributed by atoms with van der Waals surface area (Å²) < 4.78 is 0. The number of hydrogen-bond acceptors (Lipinski definition) is 3. The number of nitrogens with two attached hydrogens (primary N) is 1. The molecule has 0 aliphatic carbocycles. The van der Waals surface area contributed by atoms with Crippen LogP contribution in [0.15, 0.2) is 24.4 Å². The smallest absolute Gasteiger partial charge is 0.0722 e. The standard InChI is InChI=1S/C10H9ClN2O/c11-6-1-2-7-8(5-14)9(12)4-13-10(7)3-6/h1-4,14H,5,12H2. The first-order valence-electron chi connectivity index (χ1n) is 4.16. The van der Waals surface area contributed by atoms with Gasteiger partial charge in [0.2, 0.25) is 0 Å². The normalized spacial score (nSPS) is 10.7. The van der Waals surface area contributed by atoms with Crippen molar-refractivity contribution in [2.45, 2.75) is 6.61 Å². The summed E-state index contributed by atoms with van der Waals surface area (Å²) in [6.07, 6.45) is 1.53. The molecule has 0 fully saturated rings. The van der Waals surface area contributed by atoms with Crippen LogP contribution in [0.3, 0.4) is 0 Å². The van der Waals surface area contributed by atoms with Gasteiger partial charge in [0.25, 0.3) is 0 Å². The summed E-state index contributed by atoms with van der Waals surface area (Å²) in [5.74, 6) is 0. The van der Waals surface area contributed by atoms with Crippen molar-refractivity contribution in [2.24, 2.45) is 0 Å². The number of fused-ring (bicyclic) bond motifs is 1. The third-order valence-corrected chi connectivity index (χ3v) is 2.37. The van der Waals surface area contributed by atoms with Gasteiger partial charge < -0.3 is 10.8 Å². The summed E-state index contributed by atoms with van der Waals surface area (Å²) in [7, 11) is 0. The van der Waals surface area contributed by atoms with Crippen LogP contribution in [0.1, 0.15) is 5.56 Å². The molecule has 0 aliphatic rings. The molecule has 1 aromatic carbocycles. The van der Waals surface area contributed by atoms with E-state index < -0.39 is 0 Å². The number of aliphatic hydroxyl groups excluding tert-OH is 1. The summed E-state index contributed by atoms with van der Waals surface area (Å²) in [5.41, 5.74) is 7.63. The molecule has 3 nitrogen and oxygen atoms in total. The maximum absolute atomic E-state index is 9.14. The van der Waals surface area contributed by atoms with E-state index in [9.17, 15) is 0 Å². The zero-order valence-electron chi connectivity index (χ0n) is 7.37. The van der Waals surface area contributed by atoms with E-state index in [4.69, 9.17) is 22.4 Å². The van der Waals surface area contributed by atoms with E-state index >= 15 is 0 Å². The summed E-state index contributed by atoms with van der Waals surface area (Å²) in [6.45, 7) is -0.0908. The molecular formula is C10H9ClN2O. The number of hydrogen-bond donors (Lipinski definition) is 2. The summed E-state index contributed by atoms with van der Waals surface area (Å²) in [5, 5.41) is 10.6. The molecule has 0 bridgehead atoms. The van der Waals surface area contributed by atoms with Gasteiger partial charge in [-0.1, -0.05) is 17.7 Å². The third-order valence-electron chi connectivity index (χ3n) is 2.13. The van der Waals surface area contributed by atoms with Crippen molar-refractivity contribution in [1.29, 1.82) is 0 Å². The van der Waals surface area contributed by atoms with Gasteiger partial charge in [0, 0.05) is 16.0 Å². The fraction of sp³-hybridized carbons (Fsp3) is 0.100. The first-order valence-corrected chi connectivity index (χ1v) is 4.53. The van der Waals surface area contributed by atoms with Gasteiger partial charge in [-0.15, -0.1) is 0 Å². The Hall–Kier alpha value is -1.32. The predicted octanol–water partition coefficient (Wildman–Crippen LogP) is 1.96. The minimum absolute atomic E-state index is 0.0908. The Kier molecular flexibility index (Phi) is 2.27. The highest BCUT2D eigenvalue weighted by Crippen LogP contribution is 2.24. The molecule has 0 atom stereocenters. The Labute approximate surface area is 86.1 Å². The van der Waals surface area contributed by atoms with Crippen LogP contribution in [0.25, 0.3) is 10.9 Å². The molecule has 4 heteroatoms. The van der Waals surface area contributed by atoms with E-state index in [2.05, 4.69) is 4.98 Å². The van der Waals surface area contributed by atoms with Crippen LogP contribution in [-0.4, -0.2) is 10.1 Å². The molecule has 72 valence electrons. The van der Waals surface area contributed by atoms with Crippen LogP contribution in [0.2, 0.25) is 5.02 Å². The number of aliphatic hydroxyl groups is 1. The van der Waals surface area contributed by atoms with Crippen molar-refractivity contribution in [1.82, 2.24) is 4.98 Å². The lowest BCUT2D eigenvalue weighted by Gasteiger charge is -2.06. The van der Waals surface area contributed by atoms with Crippen LogP contribution in [-0.2, 0) is 6.61 Å². The van der Waals surface area contributed by atoms with E-state index in [0.717, 1.165) is 10.9 Å². The summed E-state index contributed by atoms with van der Waals surface area (Å²) >= 11 is 5.82. The van der Waals surface area contributed by atoms with Crippen LogP contribution in [0.5, 0.6) is 0 Å². The molecule has 0 saturated heterocycles. The Bertz CT molecular complexity index is 485. The number of halogens is 1. The van der Waals surface area contributed by atoms with Gasteiger partial charge >= 0.3 is 0 Å². The topological polar surface area (TPSA) is 59.1 Å². The molecule has 2 rings (SSSR count). The molecule has 0 spiro atoms. The van der Waals surface area contributed by atoms with E-state index in [0.29, 0.717) is 16.3 Å². The molecule has 1 aromatic heterocycles. The fourth-order valence-corrected chi connectivity index (χ4v) is 1.58. The highest BCUT2D eigenvalue weighted by Gasteiger charge is 2.05. The number of benzene rings is 1. The van der Waals surface area contributed by atoms with E-state index in [-0.39, 0.29) is 6.61 Å². The SMILES string of the molecule is Nc1cnc2cc(Cl)ccc2c1CO. The number of anilines is 1. The van der Waals surface area contributed by atoms with Gasteiger partial charge in [-0.05, 0) is 12.1 Å². The van der Waals surface area contributed by atoms with Gasteiger partial charge in [0.15, 0.2) is 0 Å². The van der Waals surface area contributed by atoms with E-state index in [1.165, 1.54) is 6.20 Å².